The number of nitrogens with zero attached hydrogens (tertiary/aromatic N) is 4. The molecule has 1 atom stereocenters. The Kier molecular flexibility index (Phi) is 10.1. The van der Waals surface area contributed by atoms with Crippen molar-refractivity contribution in [2.45, 2.75) is 38.6 Å². The molecule has 0 aliphatic carbocycles. The first kappa shape index (κ1) is 23.8. The van der Waals surface area contributed by atoms with Crippen molar-refractivity contribution in [1.82, 2.24) is 25.4 Å². The number of aryl methyl sites for hydroxylation is 1. The third-order valence-corrected chi connectivity index (χ3v) is 4.71. The van der Waals surface area contributed by atoms with Gasteiger partial charge in [-0.25, -0.2) is 9.67 Å². The van der Waals surface area contributed by atoms with Crippen molar-refractivity contribution >= 4 is 41.5 Å². The summed E-state index contributed by atoms with van der Waals surface area (Å²) in [5.41, 5.74) is 1.10. The number of hydrogen-bond acceptors (Lipinski definition) is 5. The molecule has 0 saturated heterocycles. The van der Waals surface area contributed by atoms with Crippen molar-refractivity contribution in [1.29, 1.82) is 0 Å². The molecule has 2 heterocycles. The normalized spacial score (nSPS) is 16.1. The SMILES string of the molecule is CN=C(NCCOCc1ccc(Cl)cc1)NC1CCc2nc(COC)nn2C1.I. The van der Waals surface area contributed by atoms with Crippen LogP contribution in [0.1, 0.15) is 23.6 Å². The van der Waals surface area contributed by atoms with Gasteiger partial charge in [-0.1, -0.05) is 23.7 Å². The molecule has 160 valence electrons. The average Bonchev–Trinajstić information content (AvgIpc) is 3.10. The van der Waals surface area contributed by atoms with Crippen LogP contribution in [0, 0.1) is 0 Å². The van der Waals surface area contributed by atoms with Gasteiger partial charge in [-0.15, -0.1) is 24.0 Å². The fourth-order valence-corrected chi connectivity index (χ4v) is 3.19. The standard InChI is InChI=1S/C19H27ClN6O2.HI/c1-21-19(22-9-10-28-12-14-3-5-15(20)6-4-14)23-16-7-8-18-24-17(13-27-2)25-26(18)11-16;/h3-6,16H,7-13H2,1-2H3,(H2,21,22,23);1H. The van der Waals surface area contributed by atoms with Gasteiger partial charge in [-0.3, -0.25) is 4.99 Å². The van der Waals surface area contributed by atoms with E-state index in [0.29, 0.717) is 26.4 Å². The van der Waals surface area contributed by atoms with Crippen LogP contribution in [0.4, 0.5) is 0 Å². The molecule has 0 radical (unpaired) electrons. The molecule has 0 saturated carbocycles. The number of nitrogens with one attached hydrogen (secondary N) is 2. The second kappa shape index (κ2) is 12.3. The lowest BCUT2D eigenvalue weighted by Crippen LogP contribution is -2.47. The Bertz CT molecular complexity index is 784. The van der Waals surface area contributed by atoms with Crippen LogP contribution in [0.25, 0.3) is 0 Å². The smallest absolute Gasteiger partial charge is 0.191 e. The molecular weight excluding hydrogens is 507 g/mol. The molecule has 1 aromatic carbocycles. The highest BCUT2D eigenvalue weighted by Crippen LogP contribution is 2.13. The molecule has 10 heteroatoms. The quantitative estimate of drug-likeness (QED) is 0.234. The van der Waals surface area contributed by atoms with E-state index in [4.69, 9.17) is 21.1 Å². The molecular formula is C19H28ClIN6O2. The van der Waals surface area contributed by atoms with Crippen LogP contribution in [0.5, 0.6) is 0 Å². The van der Waals surface area contributed by atoms with Crippen LogP contribution >= 0.6 is 35.6 Å². The molecule has 0 fully saturated rings. The fraction of sp³-hybridized carbons (Fsp3) is 0.526. The lowest BCUT2D eigenvalue weighted by molar-refractivity contribution is 0.125. The maximum absolute atomic E-state index is 5.88. The van der Waals surface area contributed by atoms with E-state index in [2.05, 4.69) is 25.7 Å². The van der Waals surface area contributed by atoms with Crippen molar-refractivity contribution in [3.05, 3.63) is 46.5 Å². The molecule has 8 nitrogen and oxygen atoms in total. The highest BCUT2D eigenvalue weighted by molar-refractivity contribution is 14.0. The predicted molar refractivity (Wildman–Crippen MR) is 124 cm³/mol. The molecule has 1 aliphatic rings. The van der Waals surface area contributed by atoms with E-state index in [-0.39, 0.29) is 30.0 Å². The molecule has 1 aromatic heterocycles. The summed E-state index contributed by atoms with van der Waals surface area (Å²) < 4.78 is 12.8. The monoisotopic (exact) mass is 534 g/mol. The molecule has 2 aromatic rings. The number of fused-ring (bicyclic) bond motifs is 1. The number of aliphatic imine (C=N–C) groups is 1. The minimum absolute atomic E-state index is 0. The Morgan fingerprint density at radius 1 is 1.31 bits per heavy atom. The molecule has 0 amide bonds. The third kappa shape index (κ3) is 7.40. The van der Waals surface area contributed by atoms with Crippen molar-refractivity contribution in [2.24, 2.45) is 4.99 Å². The summed E-state index contributed by atoms with van der Waals surface area (Å²) in [6.45, 7) is 3.03. The summed E-state index contributed by atoms with van der Waals surface area (Å²) in [6, 6.07) is 7.93. The summed E-state index contributed by atoms with van der Waals surface area (Å²) in [6.07, 6.45) is 1.87. The lowest BCUT2D eigenvalue weighted by Gasteiger charge is -2.25. The van der Waals surface area contributed by atoms with E-state index in [9.17, 15) is 0 Å². The van der Waals surface area contributed by atoms with Gasteiger partial charge in [-0.2, -0.15) is 5.10 Å². The van der Waals surface area contributed by atoms with Gasteiger partial charge in [0.1, 0.15) is 12.4 Å². The molecule has 0 bridgehead atoms. The van der Waals surface area contributed by atoms with Gasteiger partial charge >= 0.3 is 0 Å². The number of ether oxygens (including phenoxy) is 2. The predicted octanol–water partition coefficient (Wildman–Crippen LogP) is 2.39. The first-order chi connectivity index (χ1) is 13.7. The van der Waals surface area contributed by atoms with Gasteiger partial charge in [0.05, 0.1) is 19.8 Å². The van der Waals surface area contributed by atoms with E-state index >= 15 is 0 Å². The number of halogens is 2. The van der Waals surface area contributed by atoms with E-state index in [0.717, 1.165) is 47.6 Å². The van der Waals surface area contributed by atoms with Crippen LogP contribution in [0.15, 0.2) is 29.3 Å². The number of rotatable bonds is 8. The van der Waals surface area contributed by atoms with Crippen LogP contribution in [0.3, 0.4) is 0 Å². The van der Waals surface area contributed by atoms with Crippen LogP contribution < -0.4 is 10.6 Å². The van der Waals surface area contributed by atoms with Crippen LogP contribution in [0.2, 0.25) is 5.02 Å². The average molecular weight is 535 g/mol. The number of aromatic nitrogens is 3. The first-order valence-corrected chi connectivity index (χ1v) is 9.76. The maximum Gasteiger partial charge on any atom is 0.191 e. The van der Waals surface area contributed by atoms with E-state index in [1.807, 2.05) is 28.9 Å². The molecule has 0 spiro atoms. The Balaban J connectivity index is 0.00000300. The molecule has 29 heavy (non-hydrogen) atoms. The van der Waals surface area contributed by atoms with Gasteiger partial charge in [0.15, 0.2) is 11.8 Å². The number of benzene rings is 1. The van der Waals surface area contributed by atoms with E-state index in [1.54, 1.807) is 14.2 Å². The van der Waals surface area contributed by atoms with E-state index < -0.39 is 0 Å². The second-order valence-electron chi connectivity index (χ2n) is 6.62. The van der Waals surface area contributed by atoms with Crippen LogP contribution in [-0.4, -0.2) is 54.1 Å². The van der Waals surface area contributed by atoms with Gasteiger partial charge in [0.25, 0.3) is 0 Å². The zero-order chi connectivity index (χ0) is 19.8. The molecule has 1 unspecified atom stereocenters. The summed E-state index contributed by atoms with van der Waals surface area (Å²) in [4.78, 5) is 8.80. The minimum atomic E-state index is 0. The fourth-order valence-electron chi connectivity index (χ4n) is 3.07. The number of hydrogen-bond donors (Lipinski definition) is 2. The zero-order valence-corrected chi connectivity index (χ0v) is 19.8. The third-order valence-electron chi connectivity index (χ3n) is 4.46. The van der Waals surface area contributed by atoms with Crippen molar-refractivity contribution < 1.29 is 9.47 Å². The summed E-state index contributed by atoms with van der Waals surface area (Å²) >= 11 is 5.88. The number of methoxy groups -OCH3 is 1. The molecule has 1 aliphatic heterocycles. The van der Waals surface area contributed by atoms with Gasteiger partial charge in [0, 0.05) is 38.2 Å². The molecule has 2 N–H and O–H groups in total. The minimum Gasteiger partial charge on any atom is -0.377 e. The van der Waals surface area contributed by atoms with Gasteiger partial charge in [-0.05, 0) is 24.1 Å². The first-order valence-electron chi connectivity index (χ1n) is 9.39. The highest BCUT2D eigenvalue weighted by atomic mass is 127. The Morgan fingerprint density at radius 3 is 2.83 bits per heavy atom. The zero-order valence-electron chi connectivity index (χ0n) is 16.7. The Morgan fingerprint density at radius 2 is 2.10 bits per heavy atom. The summed E-state index contributed by atoms with van der Waals surface area (Å²) in [5.74, 6) is 2.52. The highest BCUT2D eigenvalue weighted by Gasteiger charge is 2.22. The largest absolute Gasteiger partial charge is 0.377 e. The van der Waals surface area contributed by atoms with E-state index in [1.165, 1.54) is 0 Å². The Labute approximate surface area is 193 Å². The second-order valence-corrected chi connectivity index (χ2v) is 7.05. The topological polar surface area (TPSA) is 85.6 Å². The molecule has 3 rings (SSSR count). The van der Waals surface area contributed by atoms with Gasteiger partial charge < -0.3 is 20.1 Å². The number of guanidine groups is 1. The van der Waals surface area contributed by atoms with Crippen molar-refractivity contribution in [3.8, 4) is 0 Å². The Hall–Kier alpha value is -1.43. The van der Waals surface area contributed by atoms with Crippen LogP contribution in [-0.2, 0) is 35.7 Å². The summed E-state index contributed by atoms with van der Waals surface area (Å²) in [5, 5.41) is 12.0. The van der Waals surface area contributed by atoms with Gasteiger partial charge in [0.2, 0.25) is 0 Å². The maximum atomic E-state index is 5.88. The van der Waals surface area contributed by atoms with Crippen molar-refractivity contribution in [2.75, 3.05) is 27.3 Å². The van der Waals surface area contributed by atoms with Crippen molar-refractivity contribution in [3.63, 3.8) is 0 Å². The summed E-state index contributed by atoms with van der Waals surface area (Å²) in [7, 11) is 3.42. The lowest BCUT2D eigenvalue weighted by atomic mass is 10.1.